The van der Waals surface area contributed by atoms with Crippen molar-refractivity contribution in [1.82, 2.24) is 14.7 Å². The van der Waals surface area contributed by atoms with Gasteiger partial charge in [0.15, 0.2) is 0 Å². The third-order valence-corrected chi connectivity index (χ3v) is 4.32. The Labute approximate surface area is 131 Å². The summed E-state index contributed by atoms with van der Waals surface area (Å²) in [5.74, 6) is -0.0230. The van der Waals surface area contributed by atoms with Gasteiger partial charge in [0, 0.05) is 19.1 Å². The molecule has 0 unspecified atom stereocenters. The van der Waals surface area contributed by atoms with Gasteiger partial charge < -0.3 is 19.1 Å². The van der Waals surface area contributed by atoms with Crippen LogP contribution >= 0.6 is 11.6 Å². The molecule has 5 nitrogen and oxygen atoms in total. The Bertz CT molecular complexity index is 467. The van der Waals surface area contributed by atoms with Crippen LogP contribution < -0.4 is 0 Å². The van der Waals surface area contributed by atoms with Gasteiger partial charge in [-0.25, -0.2) is 0 Å². The Kier molecular flexibility index (Phi) is 5.67. The second-order valence-electron chi connectivity index (χ2n) is 5.94. The fourth-order valence-electron chi connectivity index (χ4n) is 2.67. The van der Waals surface area contributed by atoms with Gasteiger partial charge in [0.2, 0.25) is 5.22 Å². The molecule has 0 radical (unpaired) electrons. The quantitative estimate of drug-likeness (QED) is 0.834. The topological polar surface area (TPSA) is 39.9 Å². The van der Waals surface area contributed by atoms with Crippen LogP contribution in [0.3, 0.4) is 0 Å². The highest BCUT2D eigenvalue weighted by molar-refractivity contribution is 6.32. The minimum absolute atomic E-state index is 0.0230. The summed E-state index contributed by atoms with van der Waals surface area (Å²) >= 11 is 5.97. The zero-order valence-electron chi connectivity index (χ0n) is 13.0. The second-order valence-corrected chi connectivity index (χ2v) is 6.29. The summed E-state index contributed by atoms with van der Waals surface area (Å²) in [6.45, 7) is 3.60. The zero-order chi connectivity index (χ0) is 15.4. The third kappa shape index (κ3) is 4.22. The van der Waals surface area contributed by atoms with E-state index in [1.165, 1.54) is 6.26 Å². The molecule has 1 aromatic heterocycles. The minimum atomic E-state index is -0.0230. The molecular weight excluding hydrogens is 290 g/mol. The normalized spacial score (nSPS) is 17.4. The highest BCUT2D eigenvalue weighted by Gasteiger charge is 2.29. The molecule has 1 fully saturated rings. The summed E-state index contributed by atoms with van der Waals surface area (Å²) in [7, 11) is 6.15. The van der Waals surface area contributed by atoms with Crippen molar-refractivity contribution < 1.29 is 9.21 Å². The van der Waals surface area contributed by atoms with E-state index in [9.17, 15) is 4.79 Å². The van der Waals surface area contributed by atoms with Gasteiger partial charge in [0.1, 0.15) is 0 Å². The number of nitrogens with zero attached hydrogens (tertiary/aromatic N) is 3. The van der Waals surface area contributed by atoms with E-state index in [1.54, 1.807) is 6.07 Å². The number of likely N-dealkylation sites (N-methyl/N-ethyl adjacent to an activating group) is 1. The summed E-state index contributed by atoms with van der Waals surface area (Å²) in [5, 5.41) is 0.183. The molecule has 1 aliphatic heterocycles. The van der Waals surface area contributed by atoms with Crippen LogP contribution in [-0.2, 0) is 0 Å². The van der Waals surface area contributed by atoms with Gasteiger partial charge in [0.25, 0.3) is 5.91 Å². The average Bonchev–Trinajstić information content (AvgIpc) is 2.86. The van der Waals surface area contributed by atoms with Crippen LogP contribution in [0.5, 0.6) is 0 Å². The molecule has 1 amide bonds. The van der Waals surface area contributed by atoms with Crippen molar-refractivity contribution in [2.24, 2.45) is 0 Å². The highest BCUT2D eigenvalue weighted by atomic mass is 35.5. The predicted molar refractivity (Wildman–Crippen MR) is 83.8 cm³/mol. The predicted octanol–water partition coefficient (Wildman–Crippen LogP) is 2.03. The minimum Gasteiger partial charge on any atom is -0.452 e. The number of hydrogen-bond donors (Lipinski definition) is 0. The Balaban J connectivity index is 2.11. The standard InChI is InChI=1S/C15H24ClN3O2/c1-17(2)9-10-19(12-4-7-18(3)8-5-12)15(20)13-6-11-21-14(13)16/h6,11-12H,4-5,7-10H2,1-3H3. The van der Waals surface area contributed by atoms with E-state index < -0.39 is 0 Å². The van der Waals surface area contributed by atoms with Crippen LogP contribution in [0, 0.1) is 0 Å². The molecule has 2 rings (SSSR count). The Morgan fingerprint density at radius 1 is 1.38 bits per heavy atom. The molecule has 6 heteroatoms. The molecule has 0 aromatic carbocycles. The van der Waals surface area contributed by atoms with Crippen molar-refractivity contribution in [3.63, 3.8) is 0 Å². The van der Waals surface area contributed by atoms with Crippen molar-refractivity contribution in [3.8, 4) is 0 Å². The molecule has 0 saturated carbocycles. The van der Waals surface area contributed by atoms with Crippen LogP contribution in [0.1, 0.15) is 23.2 Å². The van der Waals surface area contributed by atoms with E-state index in [4.69, 9.17) is 16.0 Å². The van der Waals surface area contributed by atoms with Crippen molar-refractivity contribution in [1.29, 1.82) is 0 Å². The summed E-state index contributed by atoms with van der Waals surface area (Å²) in [4.78, 5) is 19.1. The molecule has 2 heterocycles. The molecule has 1 aliphatic rings. The van der Waals surface area contributed by atoms with Gasteiger partial charge in [-0.1, -0.05) is 0 Å². The molecule has 1 saturated heterocycles. The number of likely N-dealkylation sites (tertiary alicyclic amines) is 1. The maximum atomic E-state index is 12.8. The van der Waals surface area contributed by atoms with Crippen molar-refractivity contribution in [2.45, 2.75) is 18.9 Å². The van der Waals surface area contributed by atoms with Gasteiger partial charge >= 0.3 is 0 Å². The average molecular weight is 314 g/mol. The van der Waals surface area contributed by atoms with E-state index >= 15 is 0 Å². The monoisotopic (exact) mass is 313 g/mol. The van der Waals surface area contributed by atoms with E-state index in [1.807, 2.05) is 19.0 Å². The fraction of sp³-hybridized carbons (Fsp3) is 0.667. The first kappa shape index (κ1) is 16.3. The number of carbonyl (C=O) groups is 1. The molecule has 0 atom stereocenters. The van der Waals surface area contributed by atoms with Crippen molar-refractivity contribution >= 4 is 17.5 Å². The smallest absolute Gasteiger partial charge is 0.259 e. The first-order valence-electron chi connectivity index (χ1n) is 7.36. The largest absolute Gasteiger partial charge is 0.452 e. The van der Waals surface area contributed by atoms with Crippen LogP contribution in [-0.4, -0.2) is 74.0 Å². The van der Waals surface area contributed by atoms with Crippen LogP contribution in [0.2, 0.25) is 5.22 Å². The van der Waals surface area contributed by atoms with Crippen molar-refractivity contribution in [2.75, 3.05) is 47.3 Å². The molecule has 118 valence electrons. The van der Waals surface area contributed by atoms with Crippen molar-refractivity contribution in [3.05, 3.63) is 23.1 Å². The summed E-state index contributed by atoms with van der Waals surface area (Å²) in [5.41, 5.74) is 0.467. The van der Waals surface area contributed by atoms with E-state index in [2.05, 4.69) is 16.8 Å². The summed E-state index contributed by atoms with van der Waals surface area (Å²) < 4.78 is 5.07. The zero-order valence-corrected chi connectivity index (χ0v) is 13.8. The number of hydrogen-bond acceptors (Lipinski definition) is 4. The number of furan rings is 1. The van der Waals surface area contributed by atoms with Crippen LogP contribution in [0.4, 0.5) is 0 Å². The highest BCUT2D eigenvalue weighted by Crippen LogP contribution is 2.23. The lowest BCUT2D eigenvalue weighted by molar-refractivity contribution is 0.0574. The van der Waals surface area contributed by atoms with Gasteiger partial charge in [-0.15, -0.1) is 0 Å². The summed E-state index contributed by atoms with van der Waals surface area (Å²) in [6.07, 6.45) is 3.48. The Morgan fingerprint density at radius 3 is 2.57 bits per heavy atom. The third-order valence-electron chi connectivity index (χ3n) is 4.03. The molecule has 0 aliphatic carbocycles. The van der Waals surface area contributed by atoms with E-state index in [0.29, 0.717) is 12.1 Å². The van der Waals surface area contributed by atoms with Gasteiger partial charge in [0.05, 0.1) is 11.8 Å². The maximum absolute atomic E-state index is 12.8. The molecule has 0 N–H and O–H groups in total. The van der Waals surface area contributed by atoms with Gasteiger partial charge in [-0.2, -0.15) is 0 Å². The number of amides is 1. The number of halogens is 1. The lowest BCUT2D eigenvalue weighted by Crippen LogP contribution is -2.48. The molecule has 0 bridgehead atoms. The molecule has 1 aromatic rings. The molecule has 0 spiro atoms. The summed E-state index contributed by atoms with van der Waals surface area (Å²) in [6, 6.07) is 1.93. The van der Waals surface area contributed by atoms with E-state index in [0.717, 1.165) is 32.5 Å². The lowest BCUT2D eigenvalue weighted by atomic mass is 10.0. The number of carbonyl (C=O) groups excluding carboxylic acids is 1. The second kappa shape index (κ2) is 7.29. The Morgan fingerprint density at radius 2 is 2.05 bits per heavy atom. The van der Waals surface area contributed by atoms with Crippen LogP contribution in [0.15, 0.2) is 16.7 Å². The SMILES string of the molecule is CN(C)CCN(C(=O)c1ccoc1Cl)C1CCN(C)CC1. The Hall–Kier alpha value is -1.04. The molecular formula is C15H24ClN3O2. The van der Waals surface area contributed by atoms with Gasteiger partial charge in [-0.3, -0.25) is 4.79 Å². The van der Waals surface area contributed by atoms with Crippen LogP contribution in [0.25, 0.3) is 0 Å². The number of rotatable bonds is 5. The molecule has 21 heavy (non-hydrogen) atoms. The lowest BCUT2D eigenvalue weighted by Gasteiger charge is -2.37. The number of piperidine rings is 1. The first-order chi connectivity index (χ1) is 9.99. The van der Waals surface area contributed by atoms with E-state index in [-0.39, 0.29) is 17.2 Å². The maximum Gasteiger partial charge on any atom is 0.259 e. The van der Waals surface area contributed by atoms with Gasteiger partial charge in [-0.05, 0) is 64.7 Å². The fourth-order valence-corrected chi connectivity index (χ4v) is 2.86. The first-order valence-corrected chi connectivity index (χ1v) is 7.74.